The summed E-state index contributed by atoms with van der Waals surface area (Å²) in [4.78, 5) is 27.8. The Kier molecular flexibility index (Phi) is 4.95. The van der Waals surface area contributed by atoms with Crippen molar-refractivity contribution >= 4 is 40.4 Å². The Morgan fingerprint density at radius 3 is 2.14 bits per heavy atom. The third-order valence-corrected chi connectivity index (χ3v) is 5.26. The molecule has 0 bridgehead atoms. The van der Waals surface area contributed by atoms with E-state index in [1.165, 1.54) is 4.90 Å². The minimum atomic E-state index is -0.385. The molecule has 0 aliphatic carbocycles. The Balaban J connectivity index is 1.82. The maximum atomic E-state index is 13.3. The molecule has 0 spiro atoms. The summed E-state index contributed by atoms with van der Waals surface area (Å²) in [6.07, 6.45) is 0. The number of nitrogens with zero attached hydrogens (tertiary/aromatic N) is 1. The number of imide groups is 1. The van der Waals surface area contributed by atoms with Gasteiger partial charge in [-0.15, -0.1) is 0 Å². The minimum Gasteiger partial charge on any atom is -0.350 e. The van der Waals surface area contributed by atoms with Crippen molar-refractivity contribution in [3.8, 4) is 0 Å². The molecule has 29 heavy (non-hydrogen) atoms. The number of carbonyl (C=O) groups excluding carboxylic acids is 2. The number of nitrogens with one attached hydrogen (secondary N) is 1. The van der Waals surface area contributed by atoms with Gasteiger partial charge in [0.25, 0.3) is 11.8 Å². The van der Waals surface area contributed by atoms with Gasteiger partial charge in [0.15, 0.2) is 0 Å². The van der Waals surface area contributed by atoms with Crippen LogP contribution in [-0.2, 0) is 9.59 Å². The van der Waals surface area contributed by atoms with Crippen molar-refractivity contribution in [2.75, 3.05) is 10.2 Å². The van der Waals surface area contributed by atoms with Crippen LogP contribution in [0.25, 0.3) is 5.57 Å². The molecule has 0 saturated heterocycles. The van der Waals surface area contributed by atoms with Crippen LogP contribution in [-0.4, -0.2) is 11.8 Å². The van der Waals surface area contributed by atoms with Crippen LogP contribution in [0.2, 0.25) is 5.02 Å². The fourth-order valence-corrected chi connectivity index (χ4v) is 3.43. The minimum absolute atomic E-state index is 0.254. The summed E-state index contributed by atoms with van der Waals surface area (Å²) in [6, 6.07) is 21.7. The molecule has 4 rings (SSSR count). The summed E-state index contributed by atoms with van der Waals surface area (Å²) in [5.74, 6) is -0.751. The highest BCUT2D eigenvalue weighted by Crippen LogP contribution is 2.34. The van der Waals surface area contributed by atoms with Gasteiger partial charge < -0.3 is 5.32 Å². The van der Waals surface area contributed by atoms with Crippen molar-refractivity contribution in [3.05, 3.63) is 100 Å². The van der Waals surface area contributed by atoms with E-state index in [1.807, 2.05) is 38.1 Å². The van der Waals surface area contributed by atoms with Crippen LogP contribution in [0.15, 0.2) is 78.5 Å². The fourth-order valence-electron chi connectivity index (χ4n) is 3.31. The molecule has 2 amide bonds. The van der Waals surface area contributed by atoms with E-state index in [4.69, 9.17) is 11.6 Å². The zero-order valence-electron chi connectivity index (χ0n) is 16.1. The highest BCUT2D eigenvalue weighted by atomic mass is 35.5. The largest absolute Gasteiger partial charge is 0.350 e. The SMILES string of the molecule is Cc1ccc(NC2=C(c3ccc(Cl)cc3)C(=O)N(c3ccccc3)C2=O)cc1C. The van der Waals surface area contributed by atoms with Crippen LogP contribution in [0.1, 0.15) is 16.7 Å². The van der Waals surface area contributed by atoms with Crippen molar-refractivity contribution in [3.63, 3.8) is 0 Å². The highest BCUT2D eigenvalue weighted by molar-refractivity contribution is 6.46. The van der Waals surface area contributed by atoms with Crippen molar-refractivity contribution in [1.29, 1.82) is 0 Å². The molecule has 144 valence electrons. The number of rotatable bonds is 4. The lowest BCUT2D eigenvalue weighted by Crippen LogP contribution is -2.32. The van der Waals surface area contributed by atoms with Gasteiger partial charge in [0.2, 0.25) is 0 Å². The number of hydrogen-bond acceptors (Lipinski definition) is 3. The second kappa shape index (κ2) is 7.57. The van der Waals surface area contributed by atoms with Crippen LogP contribution in [0.5, 0.6) is 0 Å². The van der Waals surface area contributed by atoms with Gasteiger partial charge in [0.1, 0.15) is 5.70 Å². The number of para-hydroxylation sites is 1. The second-order valence-corrected chi connectivity index (χ2v) is 7.40. The molecule has 0 unspecified atom stereocenters. The number of benzene rings is 3. The normalized spacial score (nSPS) is 14.0. The van der Waals surface area contributed by atoms with E-state index in [-0.39, 0.29) is 17.5 Å². The number of hydrogen-bond donors (Lipinski definition) is 1. The van der Waals surface area contributed by atoms with E-state index >= 15 is 0 Å². The lowest BCUT2D eigenvalue weighted by Gasteiger charge is -2.15. The van der Waals surface area contributed by atoms with Crippen molar-refractivity contribution in [2.24, 2.45) is 0 Å². The van der Waals surface area contributed by atoms with Crippen molar-refractivity contribution < 1.29 is 9.59 Å². The first kappa shape index (κ1) is 19.0. The van der Waals surface area contributed by atoms with Crippen LogP contribution < -0.4 is 10.2 Å². The van der Waals surface area contributed by atoms with Gasteiger partial charge in [0, 0.05) is 10.7 Å². The number of carbonyl (C=O) groups is 2. The molecule has 3 aromatic carbocycles. The van der Waals surface area contributed by atoms with Crippen molar-refractivity contribution in [2.45, 2.75) is 13.8 Å². The molecular formula is C24H19ClN2O2. The third kappa shape index (κ3) is 3.55. The molecule has 5 heteroatoms. The van der Waals surface area contributed by atoms with Gasteiger partial charge >= 0.3 is 0 Å². The summed E-state index contributed by atoms with van der Waals surface area (Å²) in [7, 11) is 0. The molecule has 3 aromatic rings. The average Bonchev–Trinajstić information content (AvgIpc) is 2.96. The predicted molar refractivity (Wildman–Crippen MR) is 117 cm³/mol. The van der Waals surface area contributed by atoms with Gasteiger partial charge in [-0.3, -0.25) is 9.59 Å². The highest BCUT2D eigenvalue weighted by Gasteiger charge is 2.40. The van der Waals surface area contributed by atoms with E-state index in [9.17, 15) is 9.59 Å². The first-order chi connectivity index (χ1) is 14.0. The molecule has 1 heterocycles. The number of anilines is 2. The molecule has 1 aliphatic rings. The Hall–Kier alpha value is -3.37. The molecule has 1 aliphatic heterocycles. The first-order valence-electron chi connectivity index (χ1n) is 9.24. The molecule has 0 saturated carbocycles. The molecule has 0 aromatic heterocycles. The number of aryl methyl sites for hydroxylation is 2. The summed E-state index contributed by atoms with van der Waals surface area (Å²) >= 11 is 6.01. The Morgan fingerprint density at radius 2 is 1.48 bits per heavy atom. The van der Waals surface area contributed by atoms with E-state index in [1.54, 1.807) is 48.5 Å². The lowest BCUT2D eigenvalue weighted by molar-refractivity contribution is -0.120. The first-order valence-corrected chi connectivity index (χ1v) is 9.62. The monoisotopic (exact) mass is 402 g/mol. The maximum absolute atomic E-state index is 13.3. The van der Waals surface area contributed by atoms with Gasteiger partial charge in [-0.25, -0.2) is 4.90 Å². The van der Waals surface area contributed by atoms with Crippen LogP contribution in [0.3, 0.4) is 0 Å². The number of halogens is 1. The van der Waals surface area contributed by atoms with E-state index in [2.05, 4.69) is 5.32 Å². The summed E-state index contributed by atoms with van der Waals surface area (Å²) in [6.45, 7) is 4.03. The van der Waals surface area contributed by atoms with Crippen LogP contribution in [0.4, 0.5) is 11.4 Å². The van der Waals surface area contributed by atoms with Crippen molar-refractivity contribution in [1.82, 2.24) is 0 Å². The smallest absolute Gasteiger partial charge is 0.282 e. The summed E-state index contributed by atoms with van der Waals surface area (Å²) in [5, 5.41) is 3.75. The lowest BCUT2D eigenvalue weighted by atomic mass is 10.0. The average molecular weight is 403 g/mol. The van der Waals surface area contributed by atoms with E-state index in [0.717, 1.165) is 16.8 Å². The van der Waals surface area contributed by atoms with Gasteiger partial charge in [-0.2, -0.15) is 0 Å². The zero-order chi connectivity index (χ0) is 20.5. The second-order valence-electron chi connectivity index (χ2n) is 6.96. The van der Waals surface area contributed by atoms with E-state index < -0.39 is 0 Å². The summed E-state index contributed by atoms with van der Waals surface area (Å²) in [5.41, 5.74) is 4.76. The zero-order valence-corrected chi connectivity index (χ0v) is 16.8. The van der Waals surface area contributed by atoms with E-state index in [0.29, 0.717) is 21.8 Å². The third-order valence-electron chi connectivity index (χ3n) is 5.01. The topological polar surface area (TPSA) is 49.4 Å². The Bertz CT molecular complexity index is 1140. The van der Waals surface area contributed by atoms with Gasteiger partial charge in [-0.05, 0) is 66.9 Å². The molecule has 0 radical (unpaired) electrons. The Labute approximate surface area is 174 Å². The van der Waals surface area contributed by atoms with Gasteiger partial charge in [-0.1, -0.05) is 48.0 Å². The molecule has 4 nitrogen and oxygen atoms in total. The van der Waals surface area contributed by atoms with Gasteiger partial charge in [0.05, 0.1) is 11.3 Å². The standard InChI is InChI=1S/C24H19ClN2O2/c1-15-8-13-19(14-16(15)2)26-22-21(17-9-11-18(25)12-10-17)23(28)27(24(22)29)20-6-4-3-5-7-20/h3-14,26H,1-2H3. The molecule has 0 atom stereocenters. The molecular weight excluding hydrogens is 384 g/mol. The number of amides is 2. The summed E-state index contributed by atoms with van der Waals surface area (Å²) < 4.78 is 0. The molecule has 0 fully saturated rings. The van der Waals surface area contributed by atoms with Crippen LogP contribution in [0, 0.1) is 13.8 Å². The molecule has 1 N–H and O–H groups in total. The fraction of sp³-hybridized carbons (Fsp3) is 0.0833. The maximum Gasteiger partial charge on any atom is 0.282 e. The van der Waals surface area contributed by atoms with Crippen LogP contribution >= 0.6 is 11.6 Å². The Morgan fingerprint density at radius 1 is 0.793 bits per heavy atom. The quantitative estimate of drug-likeness (QED) is 0.598. The predicted octanol–water partition coefficient (Wildman–Crippen LogP) is 5.35.